The maximum Gasteiger partial charge on any atom is 0.338 e. The highest BCUT2D eigenvalue weighted by atomic mass is 16.5. The molecule has 0 aliphatic heterocycles. The maximum absolute atomic E-state index is 11.7. The fourth-order valence-corrected chi connectivity index (χ4v) is 1.80. The van der Waals surface area contributed by atoms with Gasteiger partial charge in [-0.05, 0) is 30.3 Å². The Morgan fingerprint density at radius 2 is 1.45 bits per heavy atom. The summed E-state index contributed by atoms with van der Waals surface area (Å²) in [4.78, 5) is 23.3. The third kappa shape index (κ3) is 3.35. The van der Waals surface area contributed by atoms with Crippen molar-refractivity contribution in [1.82, 2.24) is 0 Å². The van der Waals surface area contributed by atoms with Crippen LogP contribution in [0.3, 0.4) is 0 Å². The van der Waals surface area contributed by atoms with Crippen LogP contribution in [-0.4, -0.2) is 31.3 Å². The number of carbonyl (C=O) groups is 2. The van der Waals surface area contributed by atoms with Crippen LogP contribution in [0.25, 0.3) is 0 Å². The van der Waals surface area contributed by atoms with E-state index in [4.69, 9.17) is 4.74 Å². The Hall–Kier alpha value is -3.02. The van der Waals surface area contributed by atoms with E-state index in [0.29, 0.717) is 0 Å². The molecule has 1 N–H and O–H groups in total. The molecule has 0 radical (unpaired) electrons. The molecule has 0 heterocycles. The molecule has 114 valence electrons. The number of carbonyl (C=O) groups excluding carboxylic acids is 2. The first-order valence-corrected chi connectivity index (χ1v) is 6.32. The van der Waals surface area contributed by atoms with Crippen molar-refractivity contribution in [3.8, 4) is 17.2 Å². The summed E-state index contributed by atoms with van der Waals surface area (Å²) in [5.74, 6) is -0.906. The third-order valence-electron chi connectivity index (χ3n) is 2.84. The van der Waals surface area contributed by atoms with Gasteiger partial charge in [-0.15, -0.1) is 0 Å². The Morgan fingerprint density at radius 1 is 0.909 bits per heavy atom. The molecule has 0 aliphatic rings. The largest absolute Gasteiger partial charge is 0.504 e. The normalized spacial score (nSPS) is 9.91. The third-order valence-corrected chi connectivity index (χ3v) is 2.84. The molecule has 2 aromatic rings. The van der Waals surface area contributed by atoms with E-state index in [1.54, 1.807) is 18.2 Å². The molecule has 2 aromatic carbocycles. The molecule has 0 aliphatic carbocycles. The fourth-order valence-electron chi connectivity index (χ4n) is 1.80. The van der Waals surface area contributed by atoms with Crippen molar-refractivity contribution in [2.24, 2.45) is 0 Å². The molecule has 6 nitrogen and oxygen atoms in total. The number of para-hydroxylation sites is 2. The second kappa shape index (κ2) is 6.62. The van der Waals surface area contributed by atoms with Crippen molar-refractivity contribution < 1.29 is 28.9 Å². The molecule has 6 heteroatoms. The van der Waals surface area contributed by atoms with Crippen LogP contribution < -0.4 is 4.74 Å². The van der Waals surface area contributed by atoms with Gasteiger partial charge in [-0.3, -0.25) is 0 Å². The lowest BCUT2D eigenvalue weighted by Crippen LogP contribution is -2.07. The van der Waals surface area contributed by atoms with E-state index >= 15 is 0 Å². The molecule has 0 fully saturated rings. The van der Waals surface area contributed by atoms with Crippen LogP contribution in [0.15, 0.2) is 42.5 Å². The average molecular weight is 302 g/mol. The molecule has 0 saturated carbocycles. The lowest BCUT2D eigenvalue weighted by Gasteiger charge is -2.10. The fraction of sp³-hybridized carbons (Fsp3) is 0.125. The average Bonchev–Trinajstić information content (AvgIpc) is 2.55. The summed E-state index contributed by atoms with van der Waals surface area (Å²) in [7, 11) is 2.47. The van der Waals surface area contributed by atoms with E-state index < -0.39 is 11.9 Å². The molecule has 0 aromatic heterocycles. The SMILES string of the molecule is COC(=O)c1cc(Oc2ccccc2O)cc(C(=O)OC)c1. The second-order valence-electron chi connectivity index (χ2n) is 4.30. The van der Waals surface area contributed by atoms with Gasteiger partial charge in [0.15, 0.2) is 11.5 Å². The van der Waals surface area contributed by atoms with Crippen molar-refractivity contribution in [3.05, 3.63) is 53.6 Å². The highest BCUT2D eigenvalue weighted by Gasteiger charge is 2.15. The molecule has 0 spiro atoms. The Labute approximate surface area is 126 Å². The zero-order valence-electron chi connectivity index (χ0n) is 12.0. The zero-order valence-corrected chi connectivity index (χ0v) is 12.0. The van der Waals surface area contributed by atoms with Crippen molar-refractivity contribution in [2.45, 2.75) is 0 Å². The number of phenolic OH excluding ortho intramolecular Hbond substituents is 1. The minimum Gasteiger partial charge on any atom is -0.504 e. The van der Waals surface area contributed by atoms with E-state index in [-0.39, 0.29) is 28.4 Å². The molecule has 0 amide bonds. The first-order chi connectivity index (χ1) is 10.5. The number of hydrogen-bond donors (Lipinski definition) is 1. The quantitative estimate of drug-likeness (QED) is 0.874. The van der Waals surface area contributed by atoms with Crippen LogP contribution in [0.2, 0.25) is 0 Å². The number of phenols is 1. The van der Waals surface area contributed by atoms with Crippen molar-refractivity contribution in [2.75, 3.05) is 14.2 Å². The predicted molar refractivity (Wildman–Crippen MR) is 77.3 cm³/mol. The molecule has 22 heavy (non-hydrogen) atoms. The molecule has 0 atom stereocenters. The lowest BCUT2D eigenvalue weighted by molar-refractivity contribution is 0.0598. The van der Waals surface area contributed by atoms with E-state index in [1.807, 2.05) is 0 Å². The van der Waals surface area contributed by atoms with Gasteiger partial charge in [0.2, 0.25) is 0 Å². The van der Waals surface area contributed by atoms with Crippen molar-refractivity contribution >= 4 is 11.9 Å². The van der Waals surface area contributed by atoms with Crippen molar-refractivity contribution in [3.63, 3.8) is 0 Å². The van der Waals surface area contributed by atoms with Gasteiger partial charge in [0.05, 0.1) is 25.3 Å². The number of aromatic hydroxyl groups is 1. The highest BCUT2D eigenvalue weighted by Crippen LogP contribution is 2.31. The summed E-state index contributed by atoms with van der Waals surface area (Å²) in [5.41, 5.74) is 0.270. The van der Waals surface area contributed by atoms with Crippen LogP contribution in [0.5, 0.6) is 17.2 Å². The predicted octanol–water partition coefficient (Wildman–Crippen LogP) is 2.76. The van der Waals surface area contributed by atoms with Gasteiger partial charge in [-0.1, -0.05) is 12.1 Å². The molecular formula is C16H14O6. The summed E-state index contributed by atoms with van der Waals surface area (Å²) in [5, 5.41) is 9.71. The Kier molecular flexibility index (Phi) is 4.63. The van der Waals surface area contributed by atoms with Crippen LogP contribution in [-0.2, 0) is 9.47 Å². The van der Waals surface area contributed by atoms with Crippen LogP contribution in [0.1, 0.15) is 20.7 Å². The lowest BCUT2D eigenvalue weighted by atomic mass is 10.1. The summed E-state index contributed by atoms with van der Waals surface area (Å²) in [6.45, 7) is 0. The summed E-state index contributed by atoms with van der Waals surface area (Å²) < 4.78 is 14.8. The highest BCUT2D eigenvalue weighted by molar-refractivity contribution is 5.96. The van der Waals surface area contributed by atoms with E-state index in [1.165, 1.54) is 38.5 Å². The minimum atomic E-state index is -0.618. The first kappa shape index (κ1) is 15.4. The van der Waals surface area contributed by atoms with Gasteiger partial charge in [-0.2, -0.15) is 0 Å². The van der Waals surface area contributed by atoms with Crippen LogP contribution in [0.4, 0.5) is 0 Å². The van der Waals surface area contributed by atoms with Gasteiger partial charge >= 0.3 is 11.9 Å². The molecule has 0 unspecified atom stereocenters. The second-order valence-corrected chi connectivity index (χ2v) is 4.30. The molecule has 0 saturated heterocycles. The summed E-state index contributed by atoms with van der Waals surface area (Å²) >= 11 is 0. The number of benzene rings is 2. The monoisotopic (exact) mass is 302 g/mol. The van der Waals surface area contributed by atoms with Gasteiger partial charge in [0.25, 0.3) is 0 Å². The minimum absolute atomic E-state index is 0.0643. The molecular weight excluding hydrogens is 288 g/mol. The zero-order chi connectivity index (χ0) is 16.1. The van der Waals surface area contributed by atoms with Gasteiger partial charge in [0, 0.05) is 0 Å². The van der Waals surface area contributed by atoms with Gasteiger partial charge in [0.1, 0.15) is 5.75 Å². The van der Waals surface area contributed by atoms with E-state index in [2.05, 4.69) is 9.47 Å². The molecule has 0 bridgehead atoms. The Morgan fingerprint density at radius 3 is 1.95 bits per heavy atom. The van der Waals surface area contributed by atoms with Crippen LogP contribution in [0, 0.1) is 0 Å². The number of esters is 2. The van der Waals surface area contributed by atoms with Crippen molar-refractivity contribution in [1.29, 1.82) is 0 Å². The smallest absolute Gasteiger partial charge is 0.338 e. The van der Waals surface area contributed by atoms with Gasteiger partial charge in [-0.25, -0.2) is 9.59 Å². The number of ether oxygens (including phenoxy) is 3. The topological polar surface area (TPSA) is 82.1 Å². The summed E-state index contributed by atoms with van der Waals surface area (Å²) in [6, 6.07) is 10.5. The first-order valence-electron chi connectivity index (χ1n) is 6.32. The number of methoxy groups -OCH3 is 2. The number of rotatable bonds is 4. The molecule has 2 rings (SSSR count). The standard InChI is InChI=1S/C16H14O6/c1-20-15(18)10-7-11(16(19)21-2)9-12(8-10)22-14-6-4-3-5-13(14)17/h3-9,17H,1-2H3. The maximum atomic E-state index is 11.7. The Bertz CT molecular complexity index is 673. The van der Waals surface area contributed by atoms with E-state index in [9.17, 15) is 14.7 Å². The summed E-state index contributed by atoms with van der Waals surface area (Å²) in [6.07, 6.45) is 0. The van der Waals surface area contributed by atoms with Crippen LogP contribution >= 0.6 is 0 Å². The van der Waals surface area contributed by atoms with E-state index in [0.717, 1.165) is 0 Å². The Balaban J connectivity index is 2.44. The number of hydrogen-bond acceptors (Lipinski definition) is 6. The van der Waals surface area contributed by atoms with Gasteiger partial charge < -0.3 is 19.3 Å².